The van der Waals surface area contributed by atoms with E-state index in [-0.39, 0.29) is 0 Å². The summed E-state index contributed by atoms with van der Waals surface area (Å²) in [6, 6.07) is 8.76. The average Bonchev–Trinajstić information content (AvgIpc) is 3.09. The van der Waals surface area contributed by atoms with Crippen LogP contribution in [0.5, 0.6) is 5.75 Å². The zero-order valence-electron chi connectivity index (χ0n) is 13.8. The minimum Gasteiger partial charge on any atom is -0.491 e. The number of hydrogen-bond donors (Lipinski definition) is 0. The molecule has 1 nitrogen and oxygen atoms in total. The zero-order valence-corrected chi connectivity index (χ0v) is 13.8. The van der Waals surface area contributed by atoms with Crippen molar-refractivity contribution in [3.8, 4) is 5.75 Å². The number of ether oxygens (including phenoxy) is 1. The van der Waals surface area contributed by atoms with Crippen LogP contribution >= 0.6 is 0 Å². The first-order chi connectivity index (χ1) is 10.2. The highest BCUT2D eigenvalue weighted by Crippen LogP contribution is 2.50. The molecule has 0 spiro atoms. The van der Waals surface area contributed by atoms with Gasteiger partial charge in [-0.3, -0.25) is 0 Å². The lowest BCUT2D eigenvalue weighted by molar-refractivity contribution is 0.161. The fraction of sp³-hybridized carbons (Fsp3) is 0.700. The predicted octanol–water partition coefficient (Wildman–Crippen LogP) is 5.79. The molecule has 2 aliphatic carbocycles. The first kappa shape index (κ1) is 14.9. The Morgan fingerprint density at radius 1 is 1.10 bits per heavy atom. The zero-order chi connectivity index (χ0) is 14.8. The van der Waals surface area contributed by atoms with E-state index in [1.54, 1.807) is 0 Å². The molecule has 0 amide bonds. The lowest BCUT2D eigenvalue weighted by atomic mass is 9.85. The number of rotatable bonds is 6. The van der Waals surface area contributed by atoms with Crippen molar-refractivity contribution in [1.82, 2.24) is 0 Å². The number of hydrogen-bond acceptors (Lipinski definition) is 1. The molecule has 0 aromatic heterocycles. The van der Waals surface area contributed by atoms with Crippen LogP contribution < -0.4 is 4.74 Å². The second-order valence-corrected chi connectivity index (χ2v) is 7.48. The van der Waals surface area contributed by atoms with Gasteiger partial charge in [-0.05, 0) is 80.4 Å². The summed E-state index contributed by atoms with van der Waals surface area (Å²) in [5.74, 6) is 4.66. The lowest BCUT2D eigenvalue weighted by Gasteiger charge is -2.25. The van der Waals surface area contributed by atoms with Crippen molar-refractivity contribution < 1.29 is 4.74 Å². The first-order valence-electron chi connectivity index (χ1n) is 8.92. The number of fused-ring (bicyclic) bond motifs is 2. The van der Waals surface area contributed by atoms with Gasteiger partial charge in [-0.15, -0.1) is 0 Å². The monoisotopic (exact) mass is 286 g/mol. The number of benzene rings is 1. The van der Waals surface area contributed by atoms with Crippen LogP contribution in [0.1, 0.15) is 70.8 Å². The van der Waals surface area contributed by atoms with E-state index < -0.39 is 0 Å². The summed E-state index contributed by atoms with van der Waals surface area (Å²) < 4.78 is 6.15. The quantitative estimate of drug-likeness (QED) is 0.642. The Bertz CT molecular complexity index is 449. The summed E-state index contributed by atoms with van der Waals surface area (Å²) in [5, 5.41) is 0. The molecule has 0 aliphatic heterocycles. The maximum absolute atomic E-state index is 6.15. The molecule has 3 rings (SSSR count). The van der Waals surface area contributed by atoms with Crippen molar-refractivity contribution in [2.75, 3.05) is 0 Å². The van der Waals surface area contributed by atoms with Crippen molar-refractivity contribution >= 4 is 0 Å². The van der Waals surface area contributed by atoms with Crippen molar-refractivity contribution in [2.24, 2.45) is 17.8 Å². The molecule has 116 valence electrons. The predicted molar refractivity (Wildman–Crippen MR) is 88.8 cm³/mol. The molecule has 0 N–H and O–H groups in total. The molecular weight excluding hydrogens is 256 g/mol. The second kappa shape index (κ2) is 6.42. The highest BCUT2D eigenvalue weighted by Gasteiger charge is 2.39. The van der Waals surface area contributed by atoms with Gasteiger partial charge in [-0.1, -0.05) is 32.4 Å². The Balaban J connectivity index is 1.51. The van der Waals surface area contributed by atoms with Gasteiger partial charge < -0.3 is 4.74 Å². The van der Waals surface area contributed by atoms with Crippen LogP contribution in [-0.2, 0) is 0 Å². The molecule has 0 radical (unpaired) electrons. The average molecular weight is 286 g/mol. The maximum Gasteiger partial charge on any atom is 0.119 e. The van der Waals surface area contributed by atoms with Crippen molar-refractivity contribution in [3.05, 3.63) is 29.8 Å². The van der Waals surface area contributed by atoms with E-state index in [0.29, 0.717) is 12.0 Å². The molecule has 2 fully saturated rings. The highest BCUT2D eigenvalue weighted by molar-refractivity contribution is 5.29. The Labute approximate surface area is 130 Å². The van der Waals surface area contributed by atoms with Gasteiger partial charge in [0.1, 0.15) is 5.75 Å². The third-order valence-electron chi connectivity index (χ3n) is 5.92. The van der Waals surface area contributed by atoms with Gasteiger partial charge in [-0.2, -0.15) is 0 Å². The standard InChI is InChI=1S/C20H30O/c1-4-14(2)17-7-9-20(10-8-17)21-15(3)11-19-13-16-5-6-18(19)12-16/h7-10,14-16,18-19H,4-6,11-13H2,1-3H3. The molecule has 2 bridgehead atoms. The van der Waals surface area contributed by atoms with Crippen molar-refractivity contribution in [1.29, 1.82) is 0 Å². The summed E-state index contributed by atoms with van der Waals surface area (Å²) in [4.78, 5) is 0. The third kappa shape index (κ3) is 3.44. The van der Waals surface area contributed by atoms with Crippen LogP contribution in [-0.4, -0.2) is 6.10 Å². The largest absolute Gasteiger partial charge is 0.491 e. The summed E-state index contributed by atoms with van der Waals surface area (Å²) in [6.07, 6.45) is 8.73. The Morgan fingerprint density at radius 3 is 2.43 bits per heavy atom. The summed E-state index contributed by atoms with van der Waals surface area (Å²) in [5.41, 5.74) is 1.42. The van der Waals surface area contributed by atoms with Gasteiger partial charge in [0.05, 0.1) is 6.10 Å². The van der Waals surface area contributed by atoms with Crippen LogP contribution in [0.25, 0.3) is 0 Å². The van der Waals surface area contributed by atoms with Gasteiger partial charge in [-0.25, -0.2) is 0 Å². The molecule has 0 heterocycles. The molecule has 5 unspecified atom stereocenters. The van der Waals surface area contributed by atoms with Gasteiger partial charge in [0.2, 0.25) is 0 Å². The molecule has 1 aromatic carbocycles. The van der Waals surface area contributed by atoms with Crippen LogP contribution in [0.2, 0.25) is 0 Å². The second-order valence-electron chi connectivity index (χ2n) is 7.48. The fourth-order valence-corrected chi connectivity index (χ4v) is 4.48. The van der Waals surface area contributed by atoms with E-state index in [9.17, 15) is 0 Å². The molecule has 5 atom stereocenters. The van der Waals surface area contributed by atoms with E-state index in [2.05, 4.69) is 45.0 Å². The Morgan fingerprint density at radius 2 is 1.86 bits per heavy atom. The molecule has 0 saturated heterocycles. The van der Waals surface area contributed by atoms with Gasteiger partial charge >= 0.3 is 0 Å². The van der Waals surface area contributed by atoms with Crippen LogP contribution in [0.3, 0.4) is 0 Å². The van der Waals surface area contributed by atoms with E-state index in [0.717, 1.165) is 23.5 Å². The Hall–Kier alpha value is -0.980. The fourth-order valence-electron chi connectivity index (χ4n) is 4.48. The van der Waals surface area contributed by atoms with Gasteiger partial charge in [0, 0.05) is 0 Å². The van der Waals surface area contributed by atoms with Crippen LogP contribution in [0.4, 0.5) is 0 Å². The minimum atomic E-state index is 0.351. The molecule has 1 heteroatoms. The van der Waals surface area contributed by atoms with Gasteiger partial charge in [0.15, 0.2) is 0 Å². The molecule has 21 heavy (non-hydrogen) atoms. The minimum absolute atomic E-state index is 0.351. The normalized spacial score (nSPS) is 30.3. The maximum atomic E-state index is 6.15. The smallest absolute Gasteiger partial charge is 0.119 e. The molecule has 2 saturated carbocycles. The SMILES string of the molecule is CCC(C)c1ccc(OC(C)CC2CC3CCC2C3)cc1. The van der Waals surface area contributed by atoms with Crippen molar-refractivity contribution in [2.45, 2.75) is 71.3 Å². The van der Waals surface area contributed by atoms with Crippen molar-refractivity contribution in [3.63, 3.8) is 0 Å². The summed E-state index contributed by atoms with van der Waals surface area (Å²) in [7, 11) is 0. The summed E-state index contributed by atoms with van der Waals surface area (Å²) in [6.45, 7) is 6.77. The molecule has 1 aromatic rings. The van der Waals surface area contributed by atoms with Gasteiger partial charge in [0.25, 0.3) is 0 Å². The van der Waals surface area contributed by atoms with E-state index in [1.807, 2.05) is 0 Å². The van der Waals surface area contributed by atoms with Crippen LogP contribution in [0.15, 0.2) is 24.3 Å². The third-order valence-corrected chi connectivity index (χ3v) is 5.92. The van der Waals surface area contributed by atoms with E-state index >= 15 is 0 Å². The molecule has 2 aliphatic rings. The van der Waals surface area contributed by atoms with E-state index in [1.165, 1.54) is 44.1 Å². The lowest BCUT2D eigenvalue weighted by Crippen LogP contribution is -2.20. The topological polar surface area (TPSA) is 9.23 Å². The summed E-state index contributed by atoms with van der Waals surface area (Å²) >= 11 is 0. The Kier molecular flexibility index (Phi) is 4.57. The highest BCUT2D eigenvalue weighted by atomic mass is 16.5. The first-order valence-corrected chi connectivity index (χ1v) is 8.92. The van der Waals surface area contributed by atoms with E-state index in [4.69, 9.17) is 4.74 Å². The molecular formula is C20H30O. The van der Waals surface area contributed by atoms with Crippen LogP contribution in [0, 0.1) is 17.8 Å².